The van der Waals surface area contributed by atoms with Gasteiger partial charge < -0.3 is 8.33 Å². The van der Waals surface area contributed by atoms with E-state index in [9.17, 15) is 14.4 Å². The van der Waals surface area contributed by atoms with Gasteiger partial charge in [0, 0.05) is 19.5 Å². The number of rotatable bonds is 0. The minimum absolute atomic E-state index is 0. The summed E-state index contributed by atoms with van der Waals surface area (Å²) in [4.78, 5) is 35.9. The van der Waals surface area contributed by atoms with E-state index in [1.165, 1.54) is 0 Å². The molecule has 7 nitrogen and oxygen atoms in total. The normalized spacial score (nSPS) is 6.46. The summed E-state index contributed by atoms with van der Waals surface area (Å²) in [7, 11) is 0. The van der Waals surface area contributed by atoms with Gasteiger partial charge in [0.15, 0.2) is 0 Å². The molecule has 0 spiro atoms. The van der Waals surface area contributed by atoms with Crippen LogP contribution in [0.25, 0.3) is 0 Å². The summed E-state index contributed by atoms with van der Waals surface area (Å²) in [6, 6.07) is 0. The van der Waals surface area contributed by atoms with Gasteiger partial charge in [0.05, 0.1) is 0 Å². The van der Waals surface area contributed by atoms with E-state index >= 15 is 0 Å². The van der Waals surface area contributed by atoms with Crippen molar-refractivity contribution in [3.63, 3.8) is 0 Å². The van der Waals surface area contributed by atoms with E-state index in [0.29, 0.717) is 0 Å². The quantitative estimate of drug-likeness (QED) is 0.404. The second-order valence-corrected chi connectivity index (χ2v) is 1.36. The fourth-order valence-electron chi connectivity index (χ4n) is 0.403. The van der Waals surface area contributed by atoms with Crippen LogP contribution in [0.4, 0.5) is 0 Å². The van der Waals surface area contributed by atoms with E-state index in [4.69, 9.17) is 0 Å². The van der Waals surface area contributed by atoms with E-state index in [-0.39, 0.29) is 74.8 Å². The van der Waals surface area contributed by atoms with Gasteiger partial charge in [-0.25, -0.2) is 14.4 Å². The average molecular weight is 361 g/mol. The van der Waals surface area contributed by atoms with Crippen LogP contribution < -0.4 is 17.1 Å². The molecule has 1 rings (SSSR count). The van der Waals surface area contributed by atoms with Crippen molar-refractivity contribution in [3.05, 3.63) is 31.5 Å². The number of hydrogen-bond acceptors (Lipinski definition) is 3. The zero-order chi connectivity index (χ0) is 6.85. The molecule has 0 aliphatic carbocycles. The smallest absolute Gasteiger partial charge is 0 e. The second kappa shape index (κ2) is 10.6. The van der Waals surface area contributed by atoms with E-state index in [1.807, 2.05) is 0 Å². The number of aromatic nitrogens is 3. The van der Waals surface area contributed by atoms with Crippen molar-refractivity contribution in [1.29, 1.82) is 0 Å². The molecule has 0 amide bonds. The van der Waals surface area contributed by atoms with Gasteiger partial charge in [-0.15, -0.1) is 0 Å². The summed E-state index contributed by atoms with van der Waals surface area (Å²) in [5.74, 6) is 0. The maximum Gasteiger partial charge on any atom is 0 e. The maximum absolute atomic E-state index is 10.2. The van der Waals surface area contributed by atoms with Crippen LogP contribution in [0.3, 0.4) is 0 Å². The minimum Gasteiger partial charge on any atom is 0 e. The molecule has 0 fully saturated rings. The van der Waals surface area contributed by atoms with Crippen molar-refractivity contribution >= 4 is 47.0 Å². The van der Waals surface area contributed by atoms with Crippen LogP contribution in [0.1, 0.15) is 2.85 Å². The summed E-state index contributed by atoms with van der Waals surface area (Å²) in [5.41, 5.74) is -2.41. The zero-order valence-corrected chi connectivity index (χ0v) is 17.2. The molecule has 0 aliphatic heterocycles. The van der Waals surface area contributed by atoms with Crippen LogP contribution in [-0.2, 0) is 19.5 Å². The van der Waals surface area contributed by atoms with Crippen molar-refractivity contribution in [2.24, 2.45) is 0 Å². The topological polar surface area (TPSA) is 130 Å². The van der Waals surface area contributed by atoms with Gasteiger partial charge in [-0.3, -0.25) is 15.0 Å². The summed E-state index contributed by atoms with van der Waals surface area (Å²) >= 11 is 0. The first kappa shape index (κ1) is 23.4. The van der Waals surface area contributed by atoms with Crippen molar-refractivity contribution in [2.45, 2.75) is 0 Å². The molecule has 0 unspecified atom stereocenters. The molecule has 0 saturated carbocycles. The predicted molar refractivity (Wildman–Crippen MR) is 49.8 cm³/mol. The first-order valence-corrected chi connectivity index (χ1v) is 2.11. The Morgan fingerprint density at radius 2 is 1.00 bits per heavy atom. The van der Waals surface area contributed by atoms with Gasteiger partial charge in [-0.05, 0) is 0 Å². The van der Waals surface area contributed by atoms with Crippen LogP contribution in [0.2, 0.25) is 0 Å². The SMILES string of the molecule is O.O=c1[nH]c(=O)[nH]c(=O)[nH]1.[H-].[H-].[Mg+2].[SnH3].[Zn]. The fraction of sp³-hybridized carbons (Fsp3) is 0. The molecule has 0 atom stereocenters. The molecular weight excluding hydrogens is 350 g/mol. The van der Waals surface area contributed by atoms with Crippen molar-refractivity contribution in [1.82, 2.24) is 15.0 Å². The molecule has 13 heavy (non-hydrogen) atoms. The molecule has 69 valence electrons. The Kier molecular flexibility index (Phi) is 19.2. The summed E-state index contributed by atoms with van der Waals surface area (Å²) in [5, 5.41) is 0. The molecule has 10 heteroatoms. The summed E-state index contributed by atoms with van der Waals surface area (Å²) in [6.45, 7) is 0. The summed E-state index contributed by atoms with van der Waals surface area (Å²) in [6.07, 6.45) is 0. The Morgan fingerprint density at radius 1 is 0.846 bits per heavy atom. The molecule has 0 saturated heterocycles. The molecule has 1 heterocycles. The Bertz CT molecular complexity index is 302. The molecule has 5 N–H and O–H groups in total. The van der Waals surface area contributed by atoms with Crippen LogP contribution >= 0.6 is 0 Å². The Balaban J connectivity index is -0.0000000337. The van der Waals surface area contributed by atoms with Crippen molar-refractivity contribution < 1.29 is 27.8 Å². The predicted octanol–water partition coefficient (Wildman–Crippen LogP) is -4.42. The third-order valence-electron chi connectivity index (χ3n) is 0.681. The van der Waals surface area contributed by atoms with Crippen molar-refractivity contribution in [2.75, 3.05) is 0 Å². The van der Waals surface area contributed by atoms with Crippen LogP contribution in [0.15, 0.2) is 14.4 Å². The molecule has 0 aliphatic rings. The monoisotopic (exact) mass is 360 g/mol. The molecule has 1 aromatic heterocycles. The molecule has 0 bridgehead atoms. The number of hydrogen-bond donors (Lipinski definition) is 3. The van der Waals surface area contributed by atoms with E-state index in [0.717, 1.165) is 0 Å². The van der Waals surface area contributed by atoms with Crippen molar-refractivity contribution in [3.8, 4) is 0 Å². The van der Waals surface area contributed by atoms with Gasteiger partial charge in [0.1, 0.15) is 0 Å². The fourth-order valence-corrected chi connectivity index (χ4v) is 0.403. The summed E-state index contributed by atoms with van der Waals surface area (Å²) < 4.78 is 0. The third kappa shape index (κ3) is 8.88. The van der Waals surface area contributed by atoms with E-state index in [1.54, 1.807) is 15.0 Å². The van der Waals surface area contributed by atoms with Gasteiger partial charge >= 0.3 is 64.0 Å². The second-order valence-electron chi connectivity index (χ2n) is 1.36. The molecule has 1 aromatic rings. The Morgan fingerprint density at radius 3 is 1.15 bits per heavy atom. The molecular formula is C3H10MgN3O4SnZn. The van der Waals surface area contributed by atoms with E-state index in [2.05, 4.69) is 0 Å². The Labute approximate surface area is 120 Å². The largest absolute Gasteiger partial charge is 0 e. The van der Waals surface area contributed by atoms with Crippen LogP contribution in [0, 0.1) is 0 Å². The van der Waals surface area contributed by atoms with Gasteiger partial charge in [-0.2, -0.15) is 0 Å². The molecule has 0 aromatic carbocycles. The minimum atomic E-state index is -0.802. The first-order valence-electron chi connectivity index (χ1n) is 2.11. The van der Waals surface area contributed by atoms with E-state index < -0.39 is 17.1 Å². The van der Waals surface area contributed by atoms with Crippen LogP contribution in [-0.4, -0.2) is 67.4 Å². The number of aromatic amines is 3. The number of H-pyrrole nitrogens is 3. The van der Waals surface area contributed by atoms with Gasteiger partial charge in [-0.1, -0.05) is 0 Å². The standard InChI is InChI=1S/C3H3N3O3.Mg.H2O.Sn.Zn.5H/c7-1-4-2(8)6-3(9)5-1;;;;;;;;;/h(H3,4,5,6,7,8,9);;1H2;;;;;;;/q;+2;;;;;;;2*-1. The number of nitrogens with one attached hydrogen (secondary N) is 3. The Hall–Kier alpha value is 0.558. The first-order chi connectivity index (χ1) is 4.18. The molecule has 1 radical (unpaired) electrons. The van der Waals surface area contributed by atoms with Gasteiger partial charge in [0.2, 0.25) is 0 Å². The maximum atomic E-state index is 10.2. The third-order valence-corrected chi connectivity index (χ3v) is 0.681. The zero-order valence-electron chi connectivity index (χ0n) is 9.14. The van der Waals surface area contributed by atoms with Crippen LogP contribution in [0.5, 0.6) is 0 Å². The average Bonchev–Trinajstić information content (AvgIpc) is 1.59. The van der Waals surface area contributed by atoms with Gasteiger partial charge in [0.25, 0.3) is 0 Å².